The lowest BCUT2D eigenvalue weighted by atomic mass is 10.2. The van der Waals surface area contributed by atoms with Crippen LogP contribution >= 0.6 is 0 Å². The Morgan fingerprint density at radius 2 is 1.57 bits per heavy atom. The van der Waals surface area contributed by atoms with Gasteiger partial charge in [-0.3, -0.25) is 4.98 Å². The standard InChI is InChI=1S/C21H22N6O3/c1-12-18-21(24-15-10-16(28-3)19(30-5)17(11-15)29-4)25-20(14-6-8-22-9-7-14)26-27(18)13(2)23-12/h6-11H,1-5H3,(H,24,25,26). The number of aryl methyl sites for hydroxylation is 2. The molecule has 0 atom stereocenters. The minimum Gasteiger partial charge on any atom is -0.493 e. The molecular formula is C21H22N6O3. The average Bonchev–Trinajstić information content (AvgIpc) is 3.07. The first-order valence-corrected chi connectivity index (χ1v) is 9.27. The van der Waals surface area contributed by atoms with Gasteiger partial charge in [0, 0.05) is 35.8 Å². The van der Waals surface area contributed by atoms with Crippen LogP contribution in [0.1, 0.15) is 11.5 Å². The van der Waals surface area contributed by atoms with Gasteiger partial charge in [-0.15, -0.1) is 5.10 Å². The van der Waals surface area contributed by atoms with Crippen LogP contribution < -0.4 is 19.5 Å². The second-order valence-electron chi connectivity index (χ2n) is 6.56. The number of methoxy groups -OCH3 is 3. The van der Waals surface area contributed by atoms with E-state index >= 15 is 0 Å². The molecule has 3 heterocycles. The van der Waals surface area contributed by atoms with Gasteiger partial charge in [0.15, 0.2) is 23.1 Å². The zero-order chi connectivity index (χ0) is 21.3. The Morgan fingerprint density at radius 1 is 0.900 bits per heavy atom. The molecule has 0 radical (unpaired) electrons. The minimum atomic E-state index is 0.521. The molecule has 0 aliphatic carbocycles. The monoisotopic (exact) mass is 406 g/mol. The molecule has 0 saturated heterocycles. The smallest absolute Gasteiger partial charge is 0.203 e. The predicted octanol–water partition coefficient (Wildman–Crippen LogP) is 3.57. The number of nitrogens with zero attached hydrogens (tertiary/aromatic N) is 5. The van der Waals surface area contributed by atoms with Crippen molar-refractivity contribution >= 4 is 17.0 Å². The van der Waals surface area contributed by atoms with Gasteiger partial charge >= 0.3 is 0 Å². The number of fused-ring (bicyclic) bond motifs is 1. The summed E-state index contributed by atoms with van der Waals surface area (Å²) in [6.45, 7) is 3.84. The fraction of sp³-hybridized carbons (Fsp3) is 0.238. The van der Waals surface area contributed by atoms with Crippen molar-refractivity contribution in [3.8, 4) is 28.6 Å². The highest BCUT2D eigenvalue weighted by Crippen LogP contribution is 2.41. The van der Waals surface area contributed by atoms with E-state index in [1.165, 1.54) is 0 Å². The van der Waals surface area contributed by atoms with E-state index in [-0.39, 0.29) is 0 Å². The van der Waals surface area contributed by atoms with Crippen molar-refractivity contribution < 1.29 is 14.2 Å². The van der Waals surface area contributed by atoms with E-state index in [4.69, 9.17) is 19.2 Å². The van der Waals surface area contributed by atoms with E-state index < -0.39 is 0 Å². The third kappa shape index (κ3) is 3.34. The molecule has 4 rings (SSSR count). The fourth-order valence-corrected chi connectivity index (χ4v) is 3.33. The largest absolute Gasteiger partial charge is 0.493 e. The topological polar surface area (TPSA) is 95.7 Å². The van der Waals surface area contributed by atoms with Crippen LogP contribution in [0.5, 0.6) is 17.2 Å². The summed E-state index contributed by atoms with van der Waals surface area (Å²) in [6.07, 6.45) is 3.42. The SMILES string of the molecule is COc1cc(Nc2nc(-c3ccncc3)nn3c(C)nc(C)c23)cc(OC)c1OC. The van der Waals surface area contributed by atoms with E-state index in [0.717, 1.165) is 28.3 Å². The number of rotatable bonds is 6. The molecule has 30 heavy (non-hydrogen) atoms. The van der Waals surface area contributed by atoms with Gasteiger partial charge in [0.25, 0.3) is 0 Å². The summed E-state index contributed by atoms with van der Waals surface area (Å²) in [5.41, 5.74) is 3.19. The Kier molecular flexibility index (Phi) is 5.09. The van der Waals surface area contributed by atoms with Crippen LogP contribution in [0.15, 0.2) is 36.7 Å². The highest BCUT2D eigenvalue weighted by atomic mass is 16.5. The zero-order valence-electron chi connectivity index (χ0n) is 17.4. The third-order valence-corrected chi connectivity index (χ3v) is 4.69. The molecule has 0 aliphatic heterocycles. The van der Waals surface area contributed by atoms with E-state index in [0.29, 0.717) is 28.9 Å². The number of ether oxygens (including phenoxy) is 3. The molecule has 0 fully saturated rings. The Morgan fingerprint density at radius 3 is 2.17 bits per heavy atom. The molecule has 9 heteroatoms. The highest BCUT2D eigenvalue weighted by molar-refractivity contribution is 5.78. The van der Waals surface area contributed by atoms with Crippen molar-refractivity contribution in [3.05, 3.63) is 48.2 Å². The first-order valence-electron chi connectivity index (χ1n) is 9.27. The molecule has 4 aromatic rings. The zero-order valence-corrected chi connectivity index (χ0v) is 17.4. The molecule has 3 aromatic heterocycles. The minimum absolute atomic E-state index is 0.521. The van der Waals surface area contributed by atoms with Crippen molar-refractivity contribution in [2.45, 2.75) is 13.8 Å². The molecule has 154 valence electrons. The maximum absolute atomic E-state index is 5.46. The van der Waals surface area contributed by atoms with Crippen molar-refractivity contribution in [1.82, 2.24) is 24.6 Å². The maximum Gasteiger partial charge on any atom is 0.203 e. The van der Waals surface area contributed by atoms with Crippen molar-refractivity contribution in [1.29, 1.82) is 0 Å². The first kappa shape index (κ1) is 19.4. The number of imidazole rings is 1. The Labute approximate surface area is 173 Å². The highest BCUT2D eigenvalue weighted by Gasteiger charge is 2.18. The van der Waals surface area contributed by atoms with Gasteiger partial charge < -0.3 is 19.5 Å². The van der Waals surface area contributed by atoms with E-state index in [1.54, 1.807) is 38.2 Å². The molecule has 0 bridgehead atoms. The summed E-state index contributed by atoms with van der Waals surface area (Å²) in [5.74, 6) is 3.55. The Bertz CT molecular complexity index is 1180. The lowest BCUT2D eigenvalue weighted by Crippen LogP contribution is -2.06. The summed E-state index contributed by atoms with van der Waals surface area (Å²) < 4.78 is 18.1. The molecule has 0 saturated carbocycles. The van der Waals surface area contributed by atoms with E-state index in [1.807, 2.05) is 38.1 Å². The van der Waals surface area contributed by atoms with Crippen molar-refractivity contribution in [2.75, 3.05) is 26.6 Å². The maximum atomic E-state index is 5.46. The van der Waals surface area contributed by atoms with Gasteiger partial charge in [-0.05, 0) is 26.0 Å². The Balaban J connectivity index is 1.88. The molecule has 0 aliphatic rings. The third-order valence-electron chi connectivity index (χ3n) is 4.69. The molecule has 9 nitrogen and oxygen atoms in total. The van der Waals surface area contributed by atoms with Crippen LogP contribution in [0.25, 0.3) is 16.9 Å². The van der Waals surface area contributed by atoms with Crippen molar-refractivity contribution in [2.24, 2.45) is 0 Å². The molecule has 0 unspecified atom stereocenters. The van der Waals surface area contributed by atoms with Gasteiger partial charge in [0.2, 0.25) is 5.75 Å². The number of hydrogen-bond acceptors (Lipinski definition) is 8. The number of pyridine rings is 1. The molecule has 1 aromatic carbocycles. The number of aromatic nitrogens is 5. The fourth-order valence-electron chi connectivity index (χ4n) is 3.33. The lowest BCUT2D eigenvalue weighted by Gasteiger charge is -2.15. The molecule has 0 spiro atoms. The average molecular weight is 406 g/mol. The van der Waals surface area contributed by atoms with Gasteiger partial charge in [-0.2, -0.15) is 0 Å². The second kappa shape index (κ2) is 7.86. The second-order valence-corrected chi connectivity index (χ2v) is 6.56. The Hall–Kier alpha value is -3.88. The van der Waals surface area contributed by atoms with Gasteiger partial charge in [0.05, 0.1) is 27.0 Å². The van der Waals surface area contributed by atoms with E-state index in [2.05, 4.69) is 20.4 Å². The number of benzene rings is 1. The molecule has 1 N–H and O–H groups in total. The van der Waals surface area contributed by atoms with Crippen LogP contribution in [0.3, 0.4) is 0 Å². The van der Waals surface area contributed by atoms with Crippen molar-refractivity contribution in [3.63, 3.8) is 0 Å². The van der Waals surface area contributed by atoms with Crippen LogP contribution in [-0.4, -0.2) is 45.9 Å². The van der Waals surface area contributed by atoms with Crippen LogP contribution in [0, 0.1) is 13.8 Å². The van der Waals surface area contributed by atoms with E-state index in [9.17, 15) is 0 Å². The predicted molar refractivity (Wildman–Crippen MR) is 113 cm³/mol. The summed E-state index contributed by atoms with van der Waals surface area (Å²) in [6, 6.07) is 7.38. The number of hydrogen-bond donors (Lipinski definition) is 1. The van der Waals surface area contributed by atoms with Crippen LogP contribution in [0.4, 0.5) is 11.5 Å². The first-order chi connectivity index (χ1) is 14.5. The van der Waals surface area contributed by atoms with Crippen LogP contribution in [-0.2, 0) is 0 Å². The molecular weight excluding hydrogens is 384 g/mol. The van der Waals surface area contributed by atoms with Gasteiger partial charge in [0.1, 0.15) is 11.3 Å². The summed E-state index contributed by atoms with van der Waals surface area (Å²) in [4.78, 5) is 13.4. The summed E-state index contributed by atoms with van der Waals surface area (Å²) >= 11 is 0. The van der Waals surface area contributed by atoms with Crippen LogP contribution in [0.2, 0.25) is 0 Å². The summed E-state index contributed by atoms with van der Waals surface area (Å²) in [7, 11) is 4.73. The lowest BCUT2D eigenvalue weighted by molar-refractivity contribution is 0.324. The number of nitrogens with one attached hydrogen (secondary N) is 1. The van der Waals surface area contributed by atoms with Gasteiger partial charge in [-0.1, -0.05) is 0 Å². The van der Waals surface area contributed by atoms with Gasteiger partial charge in [-0.25, -0.2) is 14.5 Å². The normalized spacial score (nSPS) is 10.8. The summed E-state index contributed by atoms with van der Waals surface area (Å²) in [5, 5.41) is 8.04. The quantitative estimate of drug-likeness (QED) is 0.519. The molecule has 0 amide bonds. The number of anilines is 2.